The summed E-state index contributed by atoms with van der Waals surface area (Å²) in [5.74, 6) is -0.677. The number of aliphatic hydroxyl groups excluding tert-OH is 1. The van der Waals surface area contributed by atoms with Gasteiger partial charge in [0.05, 0.1) is 6.61 Å². The minimum atomic E-state index is -0.949. The number of benzene rings is 1. The van der Waals surface area contributed by atoms with Gasteiger partial charge in [0.25, 0.3) is 0 Å². The molecule has 0 aromatic heterocycles. The van der Waals surface area contributed by atoms with Gasteiger partial charge in [-0.1, -0.05) is 57.5 Å². The molecule has 3 amide bonds. The summed E-state index contributed by atoms with van der Waals surface area (Å²) >= 11 is 0. The van der Waals surface area contributed by atoms with Gasteiger partial charge in [-0.15, -0.1) is 0 Å². The van der Waals surface area contributed by atoms with Crippen LogP contribution in [0, 0.1) is 5.92 Å². The molecule has 1 rings (SSSR count). The van der Waals surface area contributed by atoms with Crippen molar-refractivity contribution in [1.29, 1.82) is 0 Å². The molecule has 34 heavy (non-hydrogen) atoms. The molecule has 8 nitrogen and oxygen atoms in total. The number of rotatable bonds is 12. The van der Waals surface area contributed by atoms with Crippen molar-refractivity contribution in [1.82, 2.24) is 15.5 Å². The average molecular weight is 478 g/mol. The maximum absolute atomic E-state index is 13.8. The molecule has 3 N–H and O–H groups in total. The predicted molar refractivity (Wildman–Crippen MR) is 133 cm³/mol. The van der Waals surface area contributed by atoms with Gasteiger partial charge in [-0.2, -0.15) is 0 Å². The highest BCUT2D eigenvalue weighted by molar-refractivity contribution is 5.92. The van der Waals surface area contributed by atoms with Crippen LogP contribution in [0.1, 0.15) is 79.3 Å². The third-order valence-corrected chi connectivity index (χ3v) is 5.11. The van der Waals surface area contributed by atoms with Gasteiger partial charge in [-0.3, -0.25) is 9.59 Å². The summed E-state index contributed by atoms with van der Waals surface area (Å²) in [6.07, 6.45) is 1.37. The van der Waals surface area contributed by atoms with Crippen LogP contribution in [-0.4, -0.2) is 58.8 Å². The first-order valence-corrected chi connectivity index (χ1v) is 12.2. The van der Waals surface area contributed by atoms with E-state index in [0.717, 1.165) is 12.8 Å². The van der Waals surface area contributed by atoms with E-state index in [-0.39, 0.29) is 31.0 Å². The summed E-state index contributed by atoms with van der Waals surface area (Å²) in [4.78, 5) is 41.0. The fraction of sp³-hybridized carbons (Fsp3) is 0.654. The lowest BCUT2D eigenvalue weighted by molar-refractivity contribution is -0.143. The molecule has 192 valence electrons. The largest absolute Gasteiger partial charge is 0.444 e. The van der Waals surface area contributed by atoms with E-state index >= 15 is 0 Å². The van der Waals surface area contributed by atoms with Gasteiger partial charge in [0.15, 0.2) is 0 Å². The highest BCUT2D eigenvalue weighted by Crippen LogP contribution is 2.24. The lowest BCUT2D eigenvalue weighted by Gasteiger charge is -2.35. The van der Waals surface area contributed by atoms with Gasteiger partial charge in [-0.05, 0) is 52.0 Å². The molecule has 0 spiro atoms. The van der Waals surface area contributed by atoms with E-state index in [1.54, 1.807) is 45.0 Å². The molecule has 0 radical (unpaired) electrons. The SMILES string of the molecule is CCCC(C)NC(=O)C(c1ccccc1)N(CCO)C(=O)C(CC(C)C)NC(=O)OC(C)(C)C. The van der Waals surface area contributed by atoms with Crippen molar-refractivity contribution in [3.05, 3.63) is 35.9 Å². The number of nitrogens with zero attached hydrogens (tertiary/aromatic N) is 1. The zero-order valence-electron chi connectivity index (χ0n) is 21.8. The Hall–Kier alpha value is -2.61. The summed E-state index contributed by atoms with van der Waals surface area (Å²) in [6, 6.07) is 7.08. The first kappa shape index (κ1) is 29.4. The summed E-state index contributed by atoms with van der Waals surface area (Å²) in [6.45, 7) is 12.7. The van der Waals surface area contributed by atoms with E-state index in [1.165, 1.54) is 4.90 Å². The number of ether oxygens (including phenoxy) is 1. The average Bonchev–Trinajstić information content (AvgIpc) is 2.71. The van der Waals surface area contributed by atoms with Crippen molar-refractivity contribution in [3.8, 4) is 0 Å². The fourth-order valence-electron chi connectivity index (χ4n) is 3.75. The Labute approximate surface area is 204 Å². The zero-order chi connectivity index (χ0) is 25.9. The normalized spacial score (nSPS) is 14.1. The molecule has 8 heteroatoms. The Kier molecular flexibility index (Phi) is 12.1. The van der Waals surface area contributed by atoms with Crippen molar-refractivity contribution < 1.29 is 24.2 Å². The molecule has 3 atom stereocenters. The topological polar surface area (TPSA) is 108 Å². The summed E-state index contributed by atoms with van der Waals surface area (Å²) in [5, 5.41) is 15.5. The standard InChI is InChI=1S/C26H43N3O5/c1-8-12-19(4)27-23(31)22(20-13-10-9-11-14-20)29(15-16-30)24(32)21(17-18(2)3)28-25(33)34-26(5,6)7/h9-11,13-14,18-19,21-22,30H,8,12,15-17H2,1-7H3,(H,27,31)(H,28,33). The van der Waals surface area contributed by atoms with Crippen molar-refractivity contribution in [2.75, 3.05) is 13.2 Å². The second-order valence-corrected chi connectivity index (χ2v) is 10.1. The van der Waals surface area contributed by atoms with E-state index in [0.29, 0.717) is 12.0 Å². The molecular formula is C26H43N3O5. The molecule has 0 bridgehead atoms. The molecule has 0 fully saturated rings. The second kappa shape index (κ2) is 13.9. The van der Waals surface area contributed by atoms with Gasteiger partial charge >= 0.3 is 6.09 Å². The third kappa shape index (κ3) is 10.1. The highest BCUT2D eigenvalue weighted by Gasteiger charge is 2.36. The Bertz CT molecular complexity index is 776. The van der Waals surface area contributed by atoms with Gasteiger partial charge in [0.1, 0.15) is 17.7 Å². The highest BCUT2D eigenvalue weighted by atomic mass is 16.6. The fourth-order valence-corrected chi connectivity index (χ4v) is 3.75. The minimum absolute atomic E-state index is 0.0570. The molecule has 0 aliphatic heterocycles. The molecular weight excluding hydrogens is 434 g/mol. The van der Waals surface area contributed by atoms with E-state index in [9.17, 15) is 19.5 Å². The number of aliphatic hydroxyl groups is 1. The number of alkyl carbamates (subject to hydrolysis) is 1. The Morgan fingerprint density at radius 3 is 2.18 bits per heavy atom. The van der Waals surface area contributed by atoms with Crippen molar-refractivity contribution in [2.45, 2.75) is 91.5 Å². The van der Waals surface area contributed by atoms with Crippen LogP contribution < -0.4 is 10.6 Å². The summed E-state index contributed by atoms with van der Waals surface area (Å²) < 4.78 is 5.36. The molecule has 0 heterocycles. The van der Waals surface area contributed by atoms with E-state index in [2.05, 4.69) is 10.6 Å². The van der Waals surface area contributed by atoms with Gasteiger partial charge in [0, 0.05) is 12.6 Å². The molecule has 1 aromatic rings. The van der Waals surface area contributed by atoms with E-state index in [1.807, 2.05) is 33.8 Å². The maximum atomic E-state index is 13.8. The summed E-state index contributed by atoms with van der Waals surface area (Å²) in [7, 11) is 0. The van der Waals surface area contributed by atoms with Crippen LogP contribution in [0.15, 0.2) is 30.3 Å². The monoisotopic (exact) mass is 477 g/mol. The maximum Gasteiger partial charge on any atom is 0.408 e. The van der Waals surface area contributed by atoms with Crippen LogP contribution >= 0.6 is 0 Å². The molecule has 0 aliphatic rings. The smallest absolute Gasteiger partial charge is 0.408 e. The van der Waals surface area contributed by atoms with Crippen LogP contribution in [0.4, 0.5) is 4.79 Å². The van der Waals surface area contributed by atoms with Crippen LogP contribution in [0.2, 0.25) is 0 Å². The van der Waals surface area contributed by atoms with Crippen molar-refractivity contribution in [3.63, 3.8) is 0 Å². The first-order chi connectivity index (χ1) is 15.9. The quantitative estimate of drug-likeness (QED) is 0.424. The molecule has 3 unspecified atom stereocenters. The Balaban J connectivity index is 3.34. The zero-order valence-corrected chi connectivity index (χ0v) is 21.8. The molecule has 0 saturated heterocycles. The van der Waals surface area contributed by atoms with Crippen LogP contribution in [-0.2, 0) is 14.3 Å². The number of hydrogen-bond acceptors (Lipinski definition) is 5. The lowest BCUT2D eigenvalue weighted by Crippen LogP contribution is -2.54. The lowest BCUT2D eigenvalue weighted by atomic mass is 9.99. The first-order valence-electron chi connectivity index (χ1n) is 12.2. The molecule has 1 aromatic carbocycles. The van der Waals surface area contributed by atoms with Crippen molar-refractivity contribution in [2.24, 2.45) is 5.92 Å². The number of nitrogens with one attached hydrogen (secondary N) is 2. The minimum Gasteiger partial charge on any atom is -0.444 e. The van der Waals surface area contributed by atoms with Gasteiger partial charge < -0.3 is 25.4 Å². The second-order valence-electron chi connectivity index (χ2n) is 10.1. The van der Waals surface area contributed by atoms with Gasteiger partial charge in [-0.25, -0.2) is 4.79 Å². The van der Waals surface area contributed by atoms with Crippen LogP contribution in [0.3, 0.4) is 0 Å². The van der Waals surface area contributed by atoms with Crippen LogP contribution in [0.25, 0.3) is 0 Å². The van der Waals surface area contributed by atoms with Crippen LogP contribution in [0.5, 0.6) is 0 Å². The van der Waals surface area contributed by atoms with E-state index < -0.39 is 29.7 Å². The Morgan fingerprint density at radius 1 is 1.06 bits per heavy atom. The van der Waals surface area contributed by atoms with E-state index in [4.69, 9.17) is 4.74 Å². The molecule has 0 saturated carbocycles. The van der Waals surface area contributed by atoms with Crippen molar-refractivity contribution >= 4 is 17.9 Å². The number of hydrogen-bond donors (Lipinski definition) is 3. The van der Waals surface area contributed by atoms with Gasteiger partial charge in [0.2, 0.25) is 11.8 Å². The number of carbonyl (C=O) groups is 3. The molecule has 0 aliphatic carbocycles. The third-order valence-electron chi connectivity index (χ3n) is 5.11. The summed E-state index contributed by atoms with van der Waals surface area (Å²) in [5.41, 5.74) is -0.0895. The predicted octanol–water partition coefficient (Wildman–Crippen LogP) is 3.79. The number of amides is 3. The number of carbonyl (C=O) groups excluding carboxylic acids is 3. The Morgan fingerprint density at radius 2 is 1.68 bits per heavy atom.